The van der Waals surface area contributed by atoms with Gasteiger partial charge in [-0.05, 0) is 38.5 Å². The molecule has 0 spiro atoms. The summed E-state index contributed by atoms with van der Waals surface area (Å²) in [4.78, 5) is 0. The second kappa shape index (κ2) is 71.1. The minimum atomic E-state index is 0.136. The van der Waals surface area contributed by atoms with Crippen molar-refractivity contribution in [2.75, 3.05) is 48.3 Å². The maximum atomic E-state index is 6.55. The van der Waals surface area contributed by atoms with Crippen LogP contribution in [0.3, 0.4) is 0 Å². The van der Waals surface area contributed by atoms with Crippen LogP contribution >= 0.6 is 0 Å². The van der Waals surface area contributed by atoms with Gasteiger partial charge in [0.05, 0.1) is 5.60 Å². The van der Waals surface area contributed by atoms with Gasteiger partial charge in [-0.15, -0.1) is 0 Å². The molecule has 4 heteroatoms. The SMILES string of the molecule is COCCCCCCCCCCCCCCCCCCCCCCCCCCCCCCCCCCCCCC(CCCCCCCCCCCCCCCCOC)(CCCCCCCCCCCCCCCCOC)OC. The van der Waals surface area contributed by atoms with Gasteiger partial charge in [-0.25, -0.2) is 0 Å². The molecule has 0 N–H and O–H groups in total. The van der Waals surface area contributed by atoms with Crippen molar-refractivity contribution in [1.29, 1.82) is 0 Å². The average molecular weight is 1100 g/mol. The summed E-state index contributed by atoms with van der Waals surface area (Å²) < 4.78 is 22.1. The molecule has 0 heterocycles. The molecule has 0 aromatic carbocycles. The number of ether oxygens (including phenoxy) is 4. The van der Waals surface area contributed by atoms with Gasteiger partial charge in [0.25, 0.3) is 0 Å². The van der Waals surface area contributed by atoms with Crippen LogP contribution in [-0.2, 0) is 18.9 Å². The maximum Gasteiger partial charge on any atom is 0.0678 e. The highest BCUT2D eigenvalue weighted by Gasteiger charge is 2.28. The highest BCUT2D eigenvalue weighted by atomic mass is 16.5. The minimum Gasteiger partial charge on any atom is -0.385 e. The molecule has 0 aliphatic carbocycles. The fourth-order valence-electron chi connectivity index (χ4n) is 12.8. The molecule has 0 radical (unpaired) electrons. The van der Waals surface area contributed by atoms with Crippen molar-refractivity contribution in [2.45, 2.75) is 429 Å². The molecule has 4 nitrogen and oxygen atoms in total. The number of hydrogen-bond donors (Lipinski definition) is 0. The highest BCUT2D eigenvalue weighted by molar-refractivity contribution is 4.81. The first kappa shape index (κ1) is 77.8. The predicted molar refractivity (Wildman–Crippen MR) is 350 cm³/mol. The van der Waals surface area contributed by atoms with Gasteiger partial charge in [-0.1, -0.05) is 385 Å². The molecule has 0 saturated carbocycles. The highest BCUT2D eigenvalue weighted by Crippen LogP contribution is 2.33. The third kappa shape index (κ3) is 65.0. The summed E-state index contributed by atoms with van der Waals surface area (Å²) in [6.45, 7) is 2.81. The van der Waals surface area contributed by atoms with Crippen LogP contribution in [0.25, 0.3) is 0 Å². The van der Waals surface area contributed by atoms with E-state index >= 15 is 0 Å². The van der Waals surface area contributed by atoms with Crippen molar-refractivity contribution >= 4 is 0 Å². The molecule has 78 heavy (non-hydrogen) atoms. The fourth-order valence-corrected chi connectivity index (χ4v) is 12.8. The topological polar surface area (TPSA) is 36.9 Å². The van der Waals surface area contributed by atoms with Crippen LogP contribution in [-0.4, -0.2) is 53.9 Å². The summed E-state index contributed by atoms with van der Waals surface area (Å²) in [6, 6.07) is 0. The smallest absolute Gasteiger partial charge is 0.0678 e. The zero-order chi connectivity index (χ0) is 56.1. The summed E-state index contributed by atoms with van der Waals surface area (Å²) in [5.74, 6) is 0. The van der Waals surface area contributed by atoms with E-state index in [0.717, 1.165) is 19.8 Å². The first-order valence-corrected chi connectivity index (χ1v) is 36.8. The first-order valence-electron chi connectivity index (χ1n) is 36.8. The molecule has 0 saturated heterocycles. The van der Waals surface area contributed by atoms with Crippen LogP contribution in [0, 0.1) is 0 Å². The van der Waals surface area contributed by atoms with E-state index in [1.54, 1.807) is 0 Å². The van der Waals surface area contributed by atoms with Gasteiger partial charge in [0, 0.05) is 48.3 Å². The second-order valence-corrected chi connectivity index (χ2v) is 25.9. The third-order valence-corrected chi connectivity index (χ3v) is 18.4. The Balaban J connectivity index is 3.92. The van der Waals surface area contributed by atoms with E-state index in [9.17, 15) is 0 Å². The Labute approximate surface area is 494 Å². The zero-order valence-corrected chi connectivity index (χ0v) is 54.9. The predicted octanol–water partition coefficient (Wildman–Crippen LogP) is 26.1. The van der Waals surface area contributed by atoms with Crippen molar-refractivity contribution in [2.24, 2.45) is 0 Å². The quantitative estimate of drug-likeness (QED) is 0.0569. The van der Waals surface area contributed by atoms with Gasteiger partial charge < -0.3 is 18.9 Å². The summed E-state index contributed by atoms with van der Waals surface area (Å²) >= 11 is 0. The Morgan fingerprint density at radius 2 is 0.244 bits per heavy atom. The van der Waals surface area contributed by atoms with Gasteiger partial charge >= 0.3 is 0 Å². The molecule has 0 aliphatic heterocycles. The molecule has 470 valence electrons. The lowest BCUT2D eigenvalue weighted by Gasteiger charge is -2.33. The van der Waals surface area contributed by atoms with Crippen molar-refractivity contribution in [1.82, 2.24) is 0 Å². The van der Waals surface area contributed by atoms with Crippen LogP contribution < -0.4 is 0 Å². The van der Waals surface area contributed by atoms with Crippen molar-refractivity contribution < 1.29 is 18.9 Å². The van der Waals surface area contributed by atoms with E-state index in [2.05, 4.69) is 7.11 Å². The van der Waals surface area contributed by atoms with Gasteiger partial charge in [0.1, 0.15) is 0 Å². The summed E-state index contributed by atoms with van der Waals surface area (Å²) in [6.07, 6.45) is 94.2. The summed E-state index contributed by atoms with van der Waals surface area (Å²) in [7, 11) is 7.52. The first-order chi connectivity index (χ1) is 38.7. The summed E-state index contributed by atoms with van der Waals surface area (Å²) in [5, 5.41) is 0. The third-order valence-electron chi connectivity index (χ3n) is 18.4. The molecular formula is C74H150O4. The van der Waals surface area contributed by atoms with E-state index in [0.29, 0.717) is 0 Å². The Morgan fingerprint density at radius 3 is 0.346 bits per heavy atom. The van der Waals surface area contributed by atoms with Crippen molar-refractivity contribution in [3.05, 3.63) is 0 Å². The monoisotopic (exact) mass is 1100 g/mol. The molecule has 0 aliphatic rings. The molecule has 0 amide bonds. The lowest BCUT2D eigenvalue weighted by atomic mass is 9.84. The lowest BCUT2D eigenvalue weighted by Crippen LogP contribution is -2.31. The van der Waals surface area contributed by atoms with Crippen molar-refractivity contribution in [3.8, 4) is 0 Å². The standard InChI is InChI=1S/C74H150O4/c1-75-71-65-59-53-47-41-35-29-25-23-21-19-17-15-13-11-9-7-5-6-8-10-12-14-16-18-20-22-24-26-32-38-44-50-56-62-68-74(78-4,69-63-57-51-45-39-33-27-30-36-42-48-54-60-66-72-76-2)70-64-58-52-46-40-34-28-31-37-43-49-55-61-67-73-77-3/h5-73H2,1-4H3. The molecule has 0 aromatic rings. The van der Waals surface area contributed by atoms with E-state index in [4.69, 9.17) is 18.9 Å². The summed E-state index contributed by atoms with van der Waals surface area (Å²) in [5.41, 5.74) is 0.136. The van der Waals surface area contributed by atoms with E-state index in [1.807, 2.05) is 21.3 Å². The number of methoxy groups -OCH3 is 4. The van der Waals surface area contributed by atoms with E-state index in [-0.39, 0.29) is 5.60 Å². The Bertz CT molecular complexity index is 981. The molecule has 0 aromatic heterocycles. The van der Waals surface area contributed by atoms with Crippen LogP contribution in [0.4, 0.5) is 0 Å². The minimum absolute atomic E-state index is 0.136. The maximum absolute atomic E-state index is 6.55. The zero-order valence-electron chi connectivity index (χ0n) is 54.9. The van der Waals surface area contributed by atoms with Gasteiger partial charge in [0.2, 0.25) is 0 Å². The Kier molecular flexibility index (Phi) is 71.0. The molecule has 0 bridgehead atoms. The number of rotatable bonds is 73. The normalized spacial score (nSPS) is 12.0. The number of hydrogen-bond acceptors (Lipinski definition) is 4. The Hall–Kier alpha value is -0.160. The molecule has 0 rings (SSSR count). The van der Waals surface area contributed by atoms with Crippen molar-refractivity contribution in [3.63, 3.8) is 0 Å². The van der Waals surface area contributed by atoms with Crippen LogP contribution in [0.1, 0.15) is 424 Å². The average Bonchev–Trinajstić information content (AvgIpc) is 3.45. The van der Waals surface area contributed by atoms with Crippen LogP contribution in [0.2, 0.25) is 0 Å². The van der Waals surface area contributed by atoms with E-state index < -0.39 is 0 Å². The van der Waals surface area contributed by atoms with Crippen LogP contribution in [0.5, 0.6) is 0 Å². The van der Waals surface area contributed by atoms with Gasteiger partial charge in [0.15, 0.2) is 0 Å². The fraction of sp³-hybridized carbons (Fsp3) is 1.00. The second-order valence-electron chi connectivity index (χ2n) is 25.9. The molecule has 0 fully saturated rings. The van der Waals surface area contributed by atoms with E-state index in [1.165, 1.54) is 424 Å². The molecular weight excluding hydrogens is 953 g/mol. The molecule has 0 unspecified atom stereocenters. The largest absolute Gasteiger partial charge is 0.385 e. The number of unbranched alkanes of at least 4 members (excludes halogenated alkanes) is 60. The van der Waals surface area contributed by atoms with Crippen LogP contribution in [0.15, 0.2) is 0 Å². The lowest BCUT2D eigenvalue weighted by molar-refractivity contribution is -0.0366. The Morgan fingerprint density at radius 1 is 0.141 bits per heavy atom. The van der Waals surface area contributed by atoms with Gasteiger partial charge in [-0.2, -0.15) is 0 Å². The van der Waals surface area contributed by atoms with Gasteiger partial charge in [-0.3, -0.25) is 0 Å². The molecule has 0 atom stereocenters.